The number of aromatic nitrogens is 2. The first-order valence-electron chi connectivity index (χ1n) is 8.51. The number of benzene rings is 2. The third-order valence-corrected chi connectivity index (χ3v) is 4.06. The Morgan fingerprint density at radius 1 is 1.04 bits per heavy atom. The predicted octanol–water partition coefficient (Wildman–Crippen LogP) is 4.68. The minimum atomic E-state index is 0.490. The number of hydrogen-bond donors (Lipinski definition) is 2. The van der Waals surface area contributed by atoms with E-state index in [0.717, 1.165) is 22.7 Å². The van der Waals surface area contributed by atoms with E-state index in [9.17, 15) is 0 Å². The van der Waals surface area contributed by atoms with E-state index in [0.29, 0.717) is 29.9 Å². The highest BCUT2D eigenvalue weighted by Gasteiger charge is 2.03. The minimum Gasteiger partial charge on any atom is -0.497 e. The fraction of sp³-hybridized carbons (Fsp3) is 0.200. The first-order valence-corrected chi connectivity index (χ1v) is 8.89. The molecule has 0 saturated carbocycles. The molecule has 0 radical (unpaired) electrons. The van der Waals surface area contributed by atoms with Crippen LogP contribution in [-0.4, -0.2) is 30.2 Å². The van der Waals surface area contributed by atoms with Crippen molar-refractivity contribution in [1.82, 2.24) is 9.97 Å². The molecule has 3 rings (SSSR count). The zero-order valence-electron chi connectivity index (χ0n) is 15.2. The highest BCUT2D eigenvalue weighted by molar-refractivity contribution is 6.30. The quantitative estimate of drug-likeness (QED) is 0.549. The third kappa shape index (κ3) is 5.49. The normalized spacial score (nSPS) is 10.3. The van der Waals surface area contributed by atoms with E-state index in [1.165, 1.54) is 0 Å². The standard InChI is InChI=1S/C20H21ClN4O2/c1-14-13-15(21)3-8-18(14)24-19-9-10-22-20(25-19)23-11-12-27-17-6-4-16(26-2)5-7-17/h3-10,13H,11-12H2,1-2H3,(H2,22,23,24,25). The average molecular weight is 385 g/mol. The van der Waals surface area contributed by atoms with E-state index in [1.807, 2.05) is 55.5 Å². The van der Waals surface area contributed by atoms with Crippen LogP contribution in [0, 0.1) is 6.92 Å². The summed E-state index contributed by atoms with van der Waals surface area (Å²) in [5.74, 6) is 2.82. The molecule has 6 nitrogen and oxygen atoms in total. The molecule has 0 aliphatic heterocycles. The monoisotopic (exact) mass is 384 g/mol. The van der Waals surface area contributed by atoms with Crippen molar-refractivity contribution in [3.63, 3.8) is 0 Å². The molecule has 0 fully saturated rings. The van der Waals surface area contributed by atoms with Gasteiger partial charge in [-0.25, -0.2) is 4.98 Å². The van der Waals surface area contributed by atoms with Crippen molar-refractivity contribution in [3.05, 3.63) is 65.3 Å². The molecule has 27 heavy (non-hydrogen) atoms. The summed E-state index contributed by atoms with van der Waals surface area (Å²) in [4.78, 5) is 8.69. The lowest BCUT2D eigenvalue weighted by Crippen LogP contribution is -2.13. The van der Waals surface area contributed by atoms with E-state index in [1.54, 1.807) is 13.3 Å². The highest BCUT2D eigenvalue weighted by Crippen LogP contribution is 2.23. The number of methoxy groups -OCH3 is 1. The van der Waals surface area contributed by atoms with Crippen LogP contribution in [0.25, 0.3) is 0 Å². The summed E-state index contributed by atoms with van der Waals surface area (Å²) in [6.45, 7) is 3.06. The Labute approximate surface area is 163 Å². The second-order valence-corrected chi connectivity index (χ2v) is 6.24. The average Bonchev–Trinajstić information content (AvgIpc) is 2.68. The lowest BCUT2D eigenvalue weighted by molar-refractivity contribution is 0.331. The second-order valence-electron chi connectivity index (χ2n) is 5.80. The minimum absolute atomic E-state index is 0.490. The van der Waals surface area contributed by atoms with Gasteiger partial charge in [-0.3, -0.25) is 0 Å². The van der Waals surface area contributed by atoms with Crippen molar-refractivity contribution < 1.29 is 9.47 Å². The van der Waals surface area contributed by atoms with Crippen molar-refractivity contribution in [1.29, 1.82) is 0 Å². The predicted molar refractivity (Wildman–Crippen MR) is 108 cm³/mol. The van der Waals surface area contributed by atoms with Crippen molar-refractivity contribution in [3.8, 4) is 11.5 Å². The summed E-state index contributed by atoms with van der Waals surface area (Å²) in [7, 11) is 1.64. The lowest BCUT2D eigenvalue weighted by atomic mass is 10.2. The van der Waals surface area contributed by atoms with Crippen LogP contribution in [-0.2, 0) is 0 Å². The Kier molecular flexibility index (Phi) is 6.33. The molecule has 0 spiro atoms. The molecule has 1 aromatic heterocycles. The molecule has 0 unspecified atom stereocenters. The molecule has 0 bridgehead atoms. The molecular weight excluding hydrogens is 364 g/mol. The fourth-order valence-corrected chi connectivity index (χ4v) is 2.65. The van der Waals surface area contributed by atoms with Gasteiger partial charge in [0.25, 0.3) is 0 Å². The van der Waals surface area contributed by atoms with Crippen LogP contribution in [0.5, 0.6) is 11.5 Å². The van der Waals surface area contributed by atoms with Crippen LogP contribution in [0.2, 0.25) is 5.02 Å². The zero-order valence-corrected chi connectivity index (χ0v) is 16.0. The molecule has 0 saturated heterocycles. The fourth-order valence-electron chi connectivity index (χ4n) is 2.42. The summed E-state index contributed by atoms with van der Waals surface area (Å²) >= 11 is 5.99. The van der Waals surface area contributed by atoms with Gasteiger partial charge >= 0.3 is 0 Å². The topological polar surface area (TPSA) is 68.3 Å². The Morgan fingerprint density at radius 2 is 1.81 bits per heavy atom. The Morgan fingerprint density at radius 3 is 2.56 bits per heavy atom. The maximum Gasteiger partial charge on any atom is 0.224 e. The number of rotatable bonds is 8. The smallest absolute Gasteiger partial charge is 0.224 e. The van der Waals surface area contributed by atoms with Gasteiger partial charge in [-0.1, -0.05) is 11.6 Å². The Balaban J connectivity index is 1.51. The van der Waals surface area contributed by atoms with Crippen LogP contribution in [0.3, 0.4) is 0 Å². The molecule has 1 heterocycles. The summed E-state index contributed by atoms with van der Waals surface area (Å²) < 4.78 is 10.8. The first-order chi connectivity index (χ1) is 13.1. The van der Waals surface area contributed by atoms with Crippen molar-refractivity contribution >= 4 is 29.1 Å². The number of ether oxygens (including phenoxy) is 2. The van der Waals surface area contributed by atoms with Gasteiger partial charge in [-0.2, -0.15) is 4.98 Å². The van der Waals surface area contributed by atoms with Crippen molar-refractivity contribution in [2.45, 2.75) is 6.92 Å². The molecule has 0 amide bonds. The summed E-state index contributed by atoms with van der Waals surface area (Å²) in [5, 5.41) is 7.14. The Bertz CT molecular complexity index is 887. The van der Waals surface area contributed by atoms with Gasteiger partial charge in [0.2, 0.25) is 5.95 Å². The van der Waals surface area contributed by atoms with Crippen LogP contribution < -0.4 is 20.1 Å². The molecule has 7 heteroatoms. The number of aryl methyl sites for hydroxylation is 1. The van der Waals surface area contributed by atoms with Crippen LogP contribution in [0.1, 0.15) is 5.56 Å². The van der Waals surface area contributed by atoms with Crippen molar-refractivity contribution in [2.24, 2.45) is 0 Å². The largest absolute Gasteiger partial charge is 0.497 e. The number of halogens is 1. The maximum absolute atomic E-state index is 5.99. The van der Waals surface area contributed by atoms with Gasteiger partial charge in [-0.15, -0.1) is 0 Å². The SMILES string of the molecule is COc1ccc(OCCNc2nccc(Nc3ccc(Cl)cc3C)n2)cc1. The van der Waals surface area contributed by atoms with Gasteiger partial charge in [0.05, 0.1) is 13.7 Å². The summed E-state index contributed by atoms with van der Waals surface area (Å²) in [5.41, 5.74) is 2.00. The molecule has 140 valence electrons. The highest BCUT2D eigenvalue weighted by atomic mass is 35.5. The van der Waals surface area contributed by atoms with Gasteiger partial charge in [0, 0.05) is 16.9 Å². The molecule has 0 aliphatic carbocycles. The molecule has 2 aromatic carbocycles. The van der Waals surface area contributed by atoms with E-state index in [-0.39, 0.29) is 0 Å². The van der Waals surface area contributed by atoms with E-state index in [4.69, 9.17) is 21.1 Å². The van der Waals surface area contributed by atoms with E-state index >= 15 is 0 Å². The molecule has 0 atom stereocenters. The molecule has 2 N–H and O–H groups in total. The molecule has 0 aliphatic rings. The van der Waals surface area contributed by atoms with Crippen molar-refractivity contribution in [2.75, 3.05) is 30.9 Å². The van der Waals surface area contributed by atoms with Crippen LogP contribution in [0.4, 0.5) is 17.5 Å². The van der Waals surface area contributed by atoms with Crippen LogP contribution in [0.15, 0.2) is 54.7 Å². The van der Waals surface area contributed by atoms with E-state index < -0.39 is 0 Å². The third-order valence-electron chi connectivity index (χ3n) is 3.82. The number of anilines is 3. The second kappa shape index (κ2) is 9.09. The van der Waals surface area contributed by atoms with Gasteiger partial charge in [0.1, 0.15) is 23.9 Å². The number of hydrogen-bond acceptors (Lipinski definition) is 6. The first kappa shape index (κ1) is 18.8. The van der Waals surface area contributed by atoms with Gasteiger partial charge < -0.3 is 20.1 Å². The van der Waals surface area contributed by atoms with Gasteiger partial charge in [0.15, 0.2) is 0 Å². The lowest BCUT2D eigenvalue weighted by Gasteiger charge is -2.11. The number of nitrogens with one attached hydrogen (secondary N) is 2. The Hall–Kier alpha value is -2.99. The maximum atomic E-state index is 5.99. The van der Waals surface area contributed by atoms with Crippen LogP contribution >= 0.6 is 11.6 Å². The van der Waals surface area contributed by atoms with Gasteiger partial charge in [-0.05, 0) is 61.0 Å². The molecular formula is C20H21ClN4O2. The number of nitrogens with zero attached hydrogens (tertiary/aromatic N) is 2. The zero-order chi connectivity index (χ0) is 19.1. The van der Waals surface area contributed by atoms with E-state index in [2.05, 4.69) is 20.6 Å². The summed E-state index contributed by atoms with van der Waals surface area (Å²) in [6, 6.07) is 14.9. The summed E-state index contributed by atoms with van der Waals surface area (Å²) in [6.07, 6.45) is 1.70. The molecule has 3 aromatic rings.